The molecule has 3 heteroatoms. The van der Waals surface area contributed by atoms with E-state index < -0.39 is 7.14 Å². The number of rotatable bonds is 0. The van der Waals surface area contributed by atoms with E-state index in [-0.39, 0.29) is 22.1 Å². The summed E-state index contributed by atoms with van der Waals surface area (Å²) in [5.74, 6) is 0. The fraction of sp³-hybridized carbons (Fsp3) is 1.00. The van der Waals surface area contributed by atoms with Crippen molar-refractivity contribution in [1.29, 1.82) is 0 Å². The van der Waals surface area contributed by atoms with Crippen LogP contribution in [0.4, 0.5) is 0 Å². The standard InChI is InChI=1S/C4H12P.C3H9OP.2CH4/c2*1-5(2,3)4;;/h1-4H3;1-3H3;2*1H4/q+1;;;. The van der Waals surface area contributed by atoms with Gasteiger partial charge in [0, 0.05) is 33.9 Å². The molecule has 0 unspecified atom stereocenters. The lowest BCUT2D eigenvalue weighted by Crippen LogP contribution is -1.74. The molecule has 80 valence electrons. The van der Waals surface area contributed by atoms with Crippen LogP contribution in [-0.2, 0) is 4.57 Å². The van der Waals surface area contributed by atoms with E-state index in [1.807, 2.05) is 0 Å². The second-order valence-corrected chi connectivity index (χ2v) is 13.7. The van der Waals surface area contributed by atoms with Crippen molar-refractivity contribution in [1.82, 2.24) is 0 Å². The molecule has 0 aliphatic carbocycles. The Bertz CT molecular complexity index is 105. The second-order valence-electron chi connectivity index (χ2n) is 4.57. The summed E-state index contributed by atoms with van der Waals surface area (Å²) in [6.07, 6.45) is 0. The minimum absolute atomic E-state index is 0. The molecule has 0 radical (unpaired) electrons. The topological polar surface area (TPSA) is 17.1 Å². The molecule has 0 atom stereocenters. The van der Waals surface area contributed by atoms with Gasteiger partial charge < -0.3 is 4.57 Å². The molecule has 0 N–H and O–H groups in total. The summed E-state index contributed by atoms with van der Waals surface area (Å²) in [4.78, 5) is 0. The Hall–Kier alpha value is 0.660. The molecular weight excluding hydrogens is 186 g/mol. The van der Waals surface area contributed by atoms with Gasteiger partial charge in [-0.15, -0.1) is 0 Å². The van der Waals surface area contributed by atoms with Crippen LogP contribution in [0.2, 0.25) is 0 Å². The third kappa shape index (κ3) is 2280. The highest BCUT2D eigenvalue weighted by Gasteiger charge is 2.03. The van der Waals surface area contributed by atoms with Gasteiger partial charge in [-0.05, 0) is 20.0 Å². The van der Waals surface area contributed by atoms with E-state index in [1.54, 1.807) is 20.0 Å². The Morgan fingerprint density at radius 3 is 0.833 bits per heavy atom. The van der Waals surface area contributed by atoms with Crippen molar-refractivity contribution in [2.45, 2.75) is 14.9 Å². The molecular formula is C9H29OP2+. The zero-order chi connectivity index (χ0) is 9.00. The molecule has 0 bridgehead atoms. The third-order valence-corrected chi connectivity index (χ3v) is 0. The maximum Gasteiger partial charge on any atom is 0.0790 e. The van der Waals surface area contributed by atoms with Gasteiger partial charge in [0.05, 0.1) is 7.14 Å². The van der Waals surface area contributed by atoms with Gasteiger partial charge in [0.1, 0.15) is 0 Å². The van der Waals surface area contributed by atoms with Crippen LogP contribution in [0.1, 0.15) is 14.9 Å². The molecule has 0 aliphatic heterocycles. The number of hydrogen-bond donors (Lipinski definition) is 0. The molecule has 0 aromatic carbocycles. The summed E-state index contributed by atoms with van der Waals surface area (Å²) >= 11 is 0. The first-order valence-electron chi connectivity index (χ1n) is 3.31. The summed E-state index contributed by atoms with van der Waals surface area (Å²) in [5, 5.41) is 0. The summed E-state index contributed by atoms with van der Waals surface area (Å²) < 4.78 is 10.2. The van der Waals surface area contributed by atoms with Gasteiger partial charge in [0.2, 0.25) is 0 Å². The monoisotopic (exact) mass is 215 g/mol. The summed E-state index contributed by atoms with van der Waals surface area (Å²) in [6.45, 7) is 14.4. The Kier molecular flexibility index (Phi) is 15.8. The fourth-order valence-corrected chi connectivity index (χ4v) is 0. The van der Waals surface area contributed by atoms with Crippen molar-refractivity contribution in [3.05, 3.63) is 0 Å². The maximum absolute atomic E-state index is 10.2. The Morgan fingerprint density at radius 2 is 0.833 bits per heavy atom. The first-order chi connectivity index (χ1) is 4.00. The zero-order valence-corrected chi connectivity index (χ0v) is 10.1. The van der Waals surface area contributed by atoms with Crippen molar-refractivity contribution in [3.8, 4) is 0 Å². The summed E-state index contributed by atoms with van der Waals surface area (Å²) in [7, 11) is -2.03. The van der Waals surface area contributed by atoms with Crippen LogP contribution < -0.4 is 0 Å². The lowest BCUT2D eigenvalue weighted by molar-refractivity contribution is 0.586. The van der Waals surface area contributed by atoms with Crippen LogP contribution in [0.15, 0.2) is 0 Å². The highest BCUT2D eigenvalue weighted by atomic mass is 31.2. The average molecular weight is 215 g/mol. The van der Waals surface area contributed by atoms with Gasteiger partial charge in [0.15, 0.2) is 0 Å². The van der Waals surface area contributed by atoms with E-state index in [9.17, 15) is 4.57 Å². The molecule has 1 nitrogen and oxygen atoms in total. The van der Waals surface area contributed by atoms with E-state index in [4.69, 9.17) is 0 Å². The minimum Gasteiger partial charge on any atom is -0.324 e. The largest absolute Gasteiger partial charge is 0.324 e. The summed E-state index contributed by atoms with van der Waals surface area (Å²) in [6, 6.07) is 0. The van der Waals surface area contributed by atoms with Gasteiger partial charge in [0.25, 0.3) is 0 Å². The molecule has 0 aromatic heterocycles. The Morgan fingerprint density at radius 1 is 0.833 bits per heavy atom. The lowest BCUT2D eigenvalue weighted by atomic mass is 11.8. The van der Waals surface area contributed by atoms with Gasteiger partial charge in [-0.3, -0.25) is 0 Å². The summed E-state index contributed by atoms with van der Waals surface area (Å²) in [5.41, 5.74) is 0. The highest BCUT2D eigenvalue weighted by Crippen LogP contribution is 2.40. The SMILES string of the molecule is C.C.CP(C)(C)=O.C[P+](C)(C)C. The highest BCUT2D eigenvalue weighted by molar-refractivity contribution is 7.73. The zero-order valence-electron chi connectivity index (χ0n) is 8.30. The van der Waals surface area contributed by atoms with Gasteiger partial charge in [-0.2, -0.15) is 0 Å². The molecule has 0 fully saturated rings. The van der Waals surface area contributed by atoms with Crippen molar-refractivity contribution in [2.75, 3.05) is 46.7 Å². The van der Waals surface area contributed by atoms with Crippen molar-refractivity contribution in [3.63, 3.8) is 0 Å². The van der Waals surface area contributed by atoms with Crippen molar-refractivity contribution in [2.24, 2.45) is 0 Å². The van der Waals surface area contributed by atoms with Gasteiger partial charge in [-0.1, -0.05) is 14.9 Å². The molecule has 0 saturated carbocycles. The van der Waals surface area contributed by atoms with Crippen molar-refractivity contribution < 1.29 is 4.57 Å². The van der Waals surface area contributed by atoms with E-state index in [0.29, 0.717) is 0 Å². The molecule has 0 aliphatic rings. The molecule has 0 amide bonds. The number of hydrogen-bond acceptors (Lipinski definition) is 1. The average Bonchev–Trinajstić information content (AvgIpc) is 1.12. The van der Waals surface area contributed by atoms with E-state index in [0.717, 1.165) is 0 Å². The predicted octanol–water partition coefficient (Wildman–Crippen LogP) is 4.03. The van der Waals surface area contributed by atoms with E-state index in [2.05, 4.69) is 26.7 Å². The van der Waals surface area contributed by atoms with Crippen LogP contribution in [0, 0.1) is 0 Å². The van der Waals surface area contributed by atoms with Crippen LogP contribution in [0.3, 0.4) is 0 Å². The first kappa shape index (κ1) is 23.0. The smallest absolute Gasteiger partial charge is 0.0790 e. The lowest BCUT2D eigenvalue weighted by Gasteiger charge is -1.97. The molecule has 0 aromatic rings. The van der Waals surface area contributed by atoms with Gasteiger partial charge >= 0.3 is 0 Å². The predicted molar refractivity (Wildman–Crippen MR) is 69.5 cm³/mol. The third-order valence-electron chi connectivity index (χ3n) is 0. The van der Waals surface area contributed by atoms with Crippen LogP contribution >= 0.6 is 14.4 Å². The quantitative estimate of drug-likeness (QED) is 0.557. The molecule has 0 saturated heterocycles. The normalized spacial score (nSPS) is 9.92. The Labute approximate surface area is 81.1 Å². The van der Waals surface area contributed by atoms with Crippen molar-refractivity contribution >= 4 is 14.4 Å². The van der Waals surface area contributed by atoms with Crippen LogP contribution in [-0.4, -0.2) is 46.7 Å². The molecule has 0 spiro atoms. The molecule has 0 rings (SSSR count). The molecule has 12 heavy (non-hydrogen) atoms. The van der Waals surface area contributed by atoms with Crippen LogP contribution in [0.25, 0.3) is 0 Å². The van der Waals surface area contributed by atoms with E-state index >= 15 is 0 Å². The Balaban J connectivity index is -0.0000000457. The fourth-order valence-electron chi connectivity index (χ4n) is 0. The van der Waals surface area contributed by atoms with Gasteiger partial charge in [-0.25, -0.2) is 0 Å². The molecule has 0 heterocycles. The second kappa shape index (κ2) is 8.27. The first-order valence-corrected chi connectivity index (χ1v) is 9.94. The maximum atomic E-state index is 10.2. The van der Waals surface area contributed by atoms with E-state index in [1.165, 1.54) is 0 Å². The van der Waals surface area contributed by atoms with Crippen LogP contribution in [0.5, 0.6) is 0 Å². The minimum atomic E-state index is -1.64.